The van der Waals surface area contributed by atoms with Gasteiger partial charge in [-0.15, -0.1) is 10.2 Å². The molecule has 2 aromatic carbocycles. The largest absolute Gasteiger partial charge is 0.481 e. The maximum Gasteiger partial charge on any atom is 0.313 e. The Hall–Kier alpha value is -2.41. The van der Waals surface area contributed by atoms with E-state index in [2.05, 4.69) is 17.1 Å². The summed E-state index contributed by atoms with van der Waals surface area (Å²) in [6.07, 6.45) is 0.888. The monoisotopic (exact) mass is 345 g/mol. The Balaban J connectivity index is 2.20. The number of carboxylic acids is 1. The van der Waals surface area contributed by atoms with Gasteiger partial charge in [-0.05, 0) is 23.4 Å². The summed E-state index contributed by atoms with van der Waals surface area (Å²) in [4.78, 5) is 10.8. The number of hydrogen-bond acceptors (Lipinski definition) is 4. The van der Waals surface area contributed by atoms with Crippen molar-refractivity contribution in [2.24, 2.45) is 0 Å². The fraction of sp³-hybridized carbons (Fsp3) is 0.235. The first kappa shape index (κ1) is 16.4. The lowest BCUT2D eigenvalue weighted by molar-refractivity contribution is -0.133. The molecule has 0 amide bonds. The minimum Gasteiger partial charge on any atom is -0.481 e. The maximum atomic E-state index is 13.4. The van der Waals surface area contributed by atoms with E-state index in [0.29, 0.717) is 5.16 Å². The second-order valence-electron chi connectivity index (χ2n) is 5.19. The number of alkyl halides is 1. The van der Waals surface area contributed by atoms with E-state index >= 15 is 0 Å². The van der Waals surface area contributed by atoms with Crippen molar-refractivity contribution < 1.29 is 14.3 Å². The van der Waals surface area contributed by atoms with Crippen molar-refractivity contribution in [1.29, 1.82) is 0 Å². The van der Waals surface area contributed by atoms with Gasteiger partial charge in [-0.3, -0.25) is 9.36 Å². The molecule has 0 unspecified atom stereocenters. The first-order chi connectivity index (χ1) is 11.7. The molecule has 0 radical (unpaired) electrons. The lowest BCUT2D eigenvalue weighted by Crippen LogP contribution is -2.05. The quantitative estimate of drug-likeness (QED) is 0.691. The SMILES string of the molecule is CCc1ccc(-n2c(CF)nnc2SCC(=O)O)c2ccccc12. The van der Waals surface area contributed by atoms with Gasteiger partial charge < -0.3 is 5.11 Å². The van der Waals surface area contributed by atoms with Crippen molar-refractivity contribution >= 4 is 28.5 Å². The van der Waals surface area contributed by atoms with Gasteiger partial charge in [-0.25, -0.2) is 4.39 Å². The van der Waals surface area contributed by atoms with Crippen molar-refractivity contribution in [1.82, 2.24) is 14.8 Å². The minimum absolute atomic E-state index is 0.157. The van der Waals surface area contributed by atoms with Crippen LogP contribution in [0, 0.1) is 0 Å². The third-order valence-electron chi connectivity index (χ3n) is 3.76. The van der Waals surface area contributed by atoms with Crippen molar-refractivity contribution in [2.75, 3.05) is 5.75 Å². The van der Waals surface area contributed by atoms with Crippen LogP contribution in [0.25, 0.3) is 16.5 Å². The van der Waals surface area contributed by atoms with E-state index in [1.807, 2.05) is 36.4 Å². The number of aliphatic carboxylic acids is 1. The summed E-state index contributed by atoms with van der Waals surface area (Å²) in [6.45, 7) is 1.31. The molecule has 3 rings (SSSR count). The molecule has 3 aromatic rings. The summed E-state index contributed by atoms with van der Waals surface area (Å²) in [5, 5.41) is 19.1. The summed E-state index contributed by atoms with van der Waals surface area (Å²) in [5.41, 5.74) is 1.96. The first-order valence-corrected chi connectivity index (χ1v) is 8.50. The Morgan fingerprint density at radius 1 is 1.21 bits per heavy atom. The predicted octanol–water partition coefficient (Wildman–Crippen LogP) is 3.63. The van der Waals surface area contributed by atoms with Gasteiger partial charge in [-0.1, -0.05) is 49.0 Å². The summed E-state index contributed by atoms with van der Waals surface area (Å²) >= 11 is 1.03. The van der Waals surface area contributed by atoms with Crippen LogP contribution in [0.2, 0.25) is 0 Å². The first-order valence-electron chi connectivity index (χ1n) is 7.51. The number of rotatable bonds is 6. The lowest BCUT2D eigenvalue weighted by atomic mass is 10.0. The molecule has 0 fully saturated rings. The number of halogens is 1. The molecule has 0 atom stereocenters. The summed E-state index contributed by atoms with van der Waals surface area (Å²) in [6, 6.07) is 11.8. The van der Waals surface area contributed by atoms with Gasteiger partial charge in [0.1, 0.15) is 6.67 Å². The zero-order chi connectivity index (χ0) is 17.1. The second-order valence-corrected chi connectivity index (χ2v) is 6.14. The number of nitrogens with zero attached hydrogens (tertiary/aromatic N) is 3. The minimum atomic E-state index is -0.956. The van der Waals surface area contributed by atoms with Crippen LogP contribution in [0.5, 0.6) is 0 Å². The Morgan fingerprint density at radius 3 is 2.62 bits per heavy atom. The summed E-state index contributed by atoms with van der Waals surface area (Å²) in [5.74, 6) is -0.949. The maximum absolute atomic E-state index is 13.4. The molecule has 0 saturated carbocycles. The standard InChI is InChI=1S/C17H16FN3O2S/c1-2-11-7-8-14(13-6-4-3-5-12(11)13)21-15(9-18)19-20-17(21)24-10-16(22)23/h3-8H,2,9-10H2,1H3,(H,22,23). The highest BCUT2D eigenvalue weighted by Gasteiger charge is 2.17. The normalized spacial score (nSPS) is 11.1. The number of thioether (sulfide) groups is 1. The number of aryl methyl sites for hydroxylation is 1. The van der Waals surface area contributed by atoms with E-state index in [1.165, 1.54) is 5.56 Å². The van der Waals surface area contributed by atoms with Gasteiger partial charge >= 0.3 is 5.97 Å². The van der Waals surface area contributed by atoms with Gasteiger partial charge in [0.25, 0.3) is 0 Å². The van der Waals surface area contributed by atoms with E-state index in [4.69, 9.17) is 5.11 Å². The van der Waals surface area contributed by atoms with Crippen molar-refractivity contribution in [3.8, 4) is 5.69 Å². The molecule has 1 aromatic heterocycles. The fourth-order valence-corrected chi connectivity index (χ4v) is 3.38. The molecular weight excluding hydrogens is 329 g/mol. The van der Waals surface area contributed by atoms with Crippen LogP contribution < -0.4 is 0 Å². The average Bonchev–Trinajstić information content (AvgIpc) is 3.01. The number of benzene rings is 2. The van der Waals surface area contributed by atoms with Crippen LogP contribution in [0.3, 0.4) is 0 Å². The summed E-state index contributed by atoms with van der Waals surface area (Å²) < 4.78 is 15.0. The molecule has 0 spiro atoms. The van der Waals surface area contributed by atoms with Gasteiger partial charge in [0.2, 0.25) is 0 Å². The molecule has 7 heteroatoms. The van der Waals surface area contributed by atoms with E-state index in [0.717, 1.165) is 34.6 Å². The molecule has 0 bridgehead atoms. The number of carbonyl (C=O) groups is 1. The Labute approximate surface area is 142 Å². The van der Waals surface area contributed by atoms with Crippen LogP contribution in [-0.2, 0) is 17.9 Å². The van der Waals surface area contributed by atoms with Crippen molar-refractivity contribution in [3.63, 3.8) is 0 Å². The number of hydrogen-bond donors (Lipinski definition) is 1. The Bertz CT molecular complexity index is 895. The molecule has 5 nitrogen and oxygen atoms in total. The smallest absolute Gasteiger partial charge is 0.313 e. The number of aromatic nitrogens is 3. The lowest BCUT2D eigenvalue weighted by Gasteiger charge is -2.14. The van der Waals surface area contributed by atoms with Crippen LogP contribution in [0.1, 0.15) is 18.3 Å². The zero-order valence-electron chi connectivity index (χ0n) is 13.1. The highest BCUT2D eigenvalue weighted by atomic mass is 32.2. The molecule has 0 aliphatic rings. The van der Waals surface area contributed by atoms with E-state index in [1.54, 1.807) is 4.57 Å². The van der Waals surface area contributed by atoms with Gasteiger partial charge in [0, 0.05) is 5.39 Å². The molecule has 24 heavy (non-hydrogen) atoms. The molecule has 0 aliphatic carbocycles. The van der Waals surface area contributed by atoms with Crippen LogP contribution in [-0.4, -0.2) is 31.6 Å². The third kappa shape index (κ3) is 2.99. The van der Waals surface area contributed by atoms with E-state index in [-0.39, 0.29) is 11.6 Å². The molecule has 0 saturated heterocycles. The summed E-state index contributed by atoms with van der Waals surface area (Å²) in [7, 11) is 0. The highest BCUT2D eigenvalue weighted by Crippen LogP contribution is 2.30. The zero-order valence-corrected chi connectivity index (χ0v) is 13.9. The Morgan fingerprint density at radius 2 is 1.96 bits per heavy atom. The van der Waals surface area contributed by atoms with Gasteiger partial charge in [0.15, 0.2) is 11.0 Å². The van der Waals surface area contributed by atoms with E-state index in [9.17, 15) is 9.18 Å². The molecule has 1 N–H and O–H groups in total. The van der Waals surface area contributed by atoms with Gasteiger partial charge in [0.05, 0.1) is 11.4 Å². The number of fused-ring (bicyclic) bond motifs is 1. The fourth-order valence-electron chi connectivity index (χ4n) is 2.70. The highest BCUT2D eigenvalue weighted by molar-refractivity contribution is 7.99. The van der Waals surface area contributed by atoms with Gasteiger partial charge in [-0.2, -0.15) is 0 Å². The molecule has 124 valence electrons. The third-order valence-corrected chi connectivity index (χ3v) is 4.67. The topological polar surface area (TPSA) is 68.0 Å². The number of carboxylic acid groups (broad SMARTS) is 1. The van der Waals surface area contributed by atoms with E-state index < -0.39 is 12.6 Å². The second kappa shape index (κ2) is 7.00. The van der Waals surface area contributed by atoms with Crippen LogP contribution >= 0.6 is 11.8 Å². The molecule has 1 heterocycles. The molecular formula is C17H16FN3O2S. The predicted molar refractivity (Wildman–Crippen MR) is 91.4 cm³/mol. The van der Waals surface area contributed by atoms with Crippen LogP contribution in [0.15, 0.2) is 41.6 Å². The Kier molecular flexibility index (Phi) is 4.80. The van der Waals surface area contributed by atoms with Crippen molar-refractivity contribution in [2.45, 2.75) is 25.2 Å². The average molecular weight is 345 g/mol. The van der Waals surface area contributed by atoms with Crippen molar-refractivity contribution in [3.05, 3.63) is 47.8 Å². The van der Waals surface area contributed by atoms with Crippen LogP contribution in [0.4, 0.5) is 4.39 Å². The molecule has 0 aliphatic heterocycles.